The fourth-order valence-electron chi connectivity index (χ4n) is 2.08. The maximum Gasteiger partial charge on any atom is 0.573 e. The predicted molar refractivity (Wildman–Crippen MR) is 59.1 cm³/mol. The maximum atomic E-state index is 12.2. The van der Waals surface area contributed by atoms with Crippen molar-refractivity contribution in [2.24, 2.45) is 5.92 Å². The van der Waals surface area contributed by atoms with E-state index in [0.717, 1.165) is 19.5 Å². The molecule has 0 unspecified atom stereocenters. The highest BCUT2D eigenvalue weighted by Gasteiger charge is 2.33. The zero-order chi connectivity index (χ0) is 12.5. The van der Waals surface area contributed by atoms with Crippen molar-refractivity contribution in [3.05, 3.63) is 24.3 Å². The minimum Gasteiger partial charge on any atom is -0.404 e. The number of alkyl halides is 3. The van der Waals surface area contributed by atoms with Crippen LogP contribution in [0, 0.1) is 5.92 Å². The Labute approximate surface area is 98.0 Å². The fraction of sp³-hybridized carbons (Fsp3) is 0.500. The van der Waals surface area contributed by atoms with Gasteiger partial charge in [-0.05, 0) is 24.5 Å². The number of benzene rings is 1. The highest BCUT2D eigenvalue weighted by Crippen LogP contribution is 2.35. The second kappa shape index (κ2) is 4.47. The van der Waals surface area contributed by atoms with Gasteiger partial charge >= 0.3 is 6.36 Å². The van der Waals surface area contributed by atoms with Gasteiger partial charge in [-0.15, -0.1) is 13.2 Å². The first-order valence-electron chi connectivity index (χ1n) is 5.55. The summed E-state index contributed by atoms with van der Waals surface area (Å²) < 4.78 is 40.8. The summed E-state index contributed by atoms with van der Waals surface area (Å²) >= 11 is 0. The Hall–Kier alpha value is -1.39. The molecule has 1 aromatic rings. The lowest BCUT2D eigenvalue weighted by molar-refractivity contribution is -0.274. The van der Waals surface area contributed by atoms with E-state index in [4.69, 9.17) is 0 Å². The molecule has 0 aromatic heterocycles. The fourth-order valence-corrected chi connectivity index (χ4v) is 2.08. The summed E-state index contributed by atoms with van der Waals surface area (Å²) in [5.41, 5.74) is 0.522. The number of anilines is 1. The molecule has 0 spiro atoms. The second-order valence-electron chi connectivity index (χ2n) is 4.36. The van der Waals surface area contributed by atoms with Gasteiger partial charge in [-0.1, -0.05) is 19.1 Å². The van der Waals surface area contributed by atoms with Crippen molar-refractivity contribution in [3.63, 3.8) is 0 Å². The quantitative estimate of drug-likeness (QED) is 0.791. The van der Waals surface area contributed by atoms with Gasteiger partial charge in [-0.25, -0.2) is 0 Å². The van der Waals surface area contributed by atoms with Crippen LogP contribution in [0.4, 0.5) is 18.9 Å². The lowest BCUT2D eigenvalue weighted by Gasteiger charge is -2.22. The van der Waals surface area contributed by atoms with Crippen molar-refractivity contribution in [1.82, 2.24) is 0 Å². The smallest absolute Gasteiger partial charge is 0.404 e. The Bertz CT molecular complexity index is 392. The summed E-state index contributed by atoms with van der Waals surface area (Å²) in [6.07, 6.45) is -3.64. The number of ether oxygens (including phenoxy) is 1. The highest BCUT2D eigenvalue weighted by molar-refractivity contribution is 5.59. The molecule has 1 atom stereocenters. The van der Waals surface area contributed by atoms with Gasteiger partial charge in [0.15, 0.2) is 5.75 Å². The minimum absolute atomic E-state index is 0.117. The standard InChI is InChI=1S/C12H14F3NO/c1-9-6-7-16(8-9)10-4-2-3-5-11(10)17-12(13,14)15/h2-5,9H,6-8H2,1H3/t9-/m1/s1. The predicted octanol–water partition coefficient (Wildman–Crippen LogP) is 3.43. The van der Waals surface area contributed by atoms with E-state index in [2.05, 4.69) is 11.7 Å². The van der Waals surface area contributed by atoms with Crippen molar-refractivity contribution < 1.29 is 17.9 Å². The van der Waals surface area contributed by atoms with Crippen LogP contribution in [0.15, 0.2) is 24.3 Å². The lowest BCUT2D eigenvalue weighted by Crippen LogP contribution is -2.23. The molecule has 0 aliphatic carbocycles. The summed E-state index contributed by atoms with van der Waals surface area (Å²) in [6, 6.07) is 6.29. The molecule has 1 aromatic carbocycles. The van der Waals surface area contributed by atoms with Crippen LogP contribution in [0.5, 0.6) is 5.75 Å². The van der Waals surface area contributed by atoms with Gasteiger partial charge in [0, 0.05) is 13.1 Å². The number of para-hydroxylation sites is 2. The molecule has 2 rings (SSSR count). The van der Waals surface area contributed by atoms with E-state index in [1.165, 1.54) is 6.07 Å². The SMILES string of the molecule is C[C@@H]1CCN(c2ccccc2OC(F)(F)F)C1. The average Bonchev–Trinajstić information content (AvgIpc) is 2.63. The van der Waals surface area contributed by atoms with Crippen molar-refractivity contribution in [3.8, 4) is 5.75 Å². The van der Waals surface area contributed by atoms with Crippen LogP contribution in [-0.2, 0) is 0 Å². The van der Waals surface area contributed by atoms with Crippen molar-refractivity contribution in [1.29, 1.82) is 0 Å². The van der Waals surface area contributed by atoms with Crippen LogP contribution < -0.4 is 9.64 Å². The molecule has 94 valence electrons. The number of halogens is 3. The number of nitrogens with zero attached hydrogens (tertiary/aromatic N) is 1. The summed E-state index contributed by atoms with van der Waals surface area (Å²) in [7, 11) is 0. The second-order valence-corrected chi connectivity index (χ2v) is 4.36. The zero-order valence-corrected chi connectivity index (χ0v) is 9.50. The van der Waals surface area contributed by atoms with E-state index in [1.54, 1.807) is 18.2 Å². The molecular weight excluding hydrogens is 231 g/mol. The van der Waals surface area contributed by atoms with E-state index < -0.39 is 6.36 Å². The van der Waals surface area contributed by atoms with Crippen molar-refractivity contribution in [2.45, 2.75) is 19.7 Å². The summed E-state index contributed by atoms with van der Waals surface area (Å²) in [5.74, 6) is 0.392. The summed E-state index contributed by atoms with van der Waals surface area (Å²) in [4.78, 5) is 1.94. The molecule has 1 aliphatic rings. The van der Waals surface area contributed by atoms with Gasteiger partial charge in [-0.3, -0.25) is 0 Å². The van der Waals surface area contributed by atoms with Gasteiger partial charge in [0.05, 0.1) is 5.69 Å². The average molecular weight is 245 g/mol. The molecule has 0 amide bonds. The molecule has 0 N–H and O–H groups in total. The van der Waals surface area contributed by atoms with Crippen LogP contribution in [0.1, 0.15) is 13.3 Å². The van der Waals surface area contributed by atoms with Crippen LogP contribution in [0.3, 0.4) is 0 Å². The van der Waals surface area contributed by atoms with Gasteiger partial charge in [0.2, 0.25) is 0 Å². The molecule has 0 saturated carbocycles. The number of rotatable bonds is 2. The van der Waals surface area contributed by atoms with Gasteiger partial charge in [0.25, 0.3) is 0 Å². The third-order valence-electron chi connectivity index (χ3n) is 2.86. The normalized spacial score (nSPS) is 20.7. The molecule has 5 heteroatoms. The van der Waals surface area contributed by atoms with E-state index in [0.29, 0.717) is 11.6 Å². The van der Waals surface area contributed by atoms with E-state index in [-0.39, 0.29) is 5.75 Å². The summed E-state index contributed by atoms with van der Waals surface area (Å²) in [6.45, 7) is 3.64. The largest absolute Gasteiger partial charge is 0.573 e. The first-order valence-corrected chi connectivity index (χ1v) is 5.55. The minimum atomic E-state index is -4.64. The Kier molecular flexibility index (Phi) is 3.17. The van der Waals surface area contributed by atoms with E-state index >= 15 is 0 Å². The Balaban J connectivity index is 2.22. The Morgan fingerprint density at radius 2 is 2.00 bits per heavy atom. The molecule has 1 aliphatic heterocycles. The monoisotopic (exact) mass is 245 g/mol. The van der Waals surface area contributed by atoms with Crippen LogP contribution >= 0.6 is 0 Å². The van der Waals surface area contributed by atoms with Crippen molar-refractivity contribution >= 4 is 5.69 Å². The van der Waals surface area contributed by atoms with Gasteiger partial charge in [-0.2, -0.15) is 0 Å². The van der Waals surface area contributed by atoms with E-state index in [1.807, 2.05) is 4.90 Å². The van der Waals surface area contributed by atoms with E-state index in [9.17, 15) is 13.2 Å². The Morgan fingerprint density at radius 3 is 2.59 bits per heavy atom. The Morgan fingerprint density at radius 1 is 1.29 bits per heavy atom. The number of hydrogen-bond donors (Lipinski definition) is 0. The molecule has 1 fully saturated rings. The topological polar surface area (TPSA) is 12.5 Å². The van der Waals surface area contributed by atoms with Crippen molar-refractivity contribution in [2.75, 3.05) is 18.0 Å². The molecule has 0 radical (unpaired) electrons. The third-order valence-corrected chi connectivity index (χ3v) is 2.86. The van der Waals surface area contributed by atoms with Crippen LogP contribution in [0.25, 0.3) is 0 Å². The first-order chi connectivity index (χ1) is 7.96. The molecule has 2 nitrogen and oxygen atoms in total. The molecule has 1 heterocycles. The summed E-state index contributed by atoms with van der Waals surface area (Å²) in [5, 5.41) is 0. The van der Waals surface area contributed by atoms with Gasteiger partial charge in [0.1, 0.15) is 0 Å². The van der Waals surface area contributed by atoms with Crippen LogP contribution in [-0.4, -0.2) is 19.5 Å². The van der Waals surface area contributed by atoms with Crippen LogP contribution in [0.2, 0.25) is 0 Å². The maximum absolute atomic E-state index is 12.2. The molecule has 17 heavy (non-hydrogen) atoms. The molecule has 1 saturated heterocycles. The first kappa shape index (κ1) is 12.1. The highest BCUT2D eigenvalue weighted by atomic mass is 19.4. The molecule has 0 bridgehead atoms. The number of hydrogen-bond acceptors (Lipinski definition) is 2. The molecular formula is C12H14F3NO. The zero-order valence-electron chi connectivity index (χ0n) is 9.50. The lowest BCUT2D eigenvalue weighted by atomic mass is 10.2. The van der Waals surface area contributed by atoms with Gasteiger partial charge < -0.3 is 9.64 Å². The third kappa shape index (κ3) is 3.05.